The first kappa shape index (κ1) is 35.4. The summed E-state index contributed by atoms with van der Waals surface area (Å²) in [7, 11) is 0. The topological polar surface area (TPSA) is 158 Å². The number of aromatic amines is 1. The summed E-state index contributed by atoms with van der Waals surface area (Å²) in [6, 6.07) is 11.0. The zero-order valence-corrected chi connectivity index (χ0v) is 30.0. The van der Waals surface area contributed by atoms with E-state index in [1.165, 1.54) is 10.6 Å². The van der Waals surface area contributed by atoms with Gasteiger partial charge >= 0.3 is 11.7 Å². The van der Waals surface area contributed by atoms with Crippen molar-refractivity contribution >= 4 is 34.6 Å². The fourth-order valence-electron chi connectivity index (χ4n) is 7.22. The molecule has 3 atom stereocenters. The second-order valence-electron chi connectivity index (χ2n) is 13.8. The first-order valence-corrected chi connectivity index (χ1v) is 19.0. The minimum Gasteiger partial charge on any atom is -0.508 e. The Kier molecular flexibility index (Phi) is 11.1. The van der Waals surface area contributed by atoms with Gasteiger partial charge in [-0.25, -0.2) is 19.3 Å². The molecule has 0 saturated carbocycles. The van der Waals surface area contributed by atoms with Gasteiger partial charge in [-0.05, 0) is 61.1 Å². The van der Waals surface area contributed by atoms with Gasteiger partial charge in [-0.15, -0.1) is 0 Å². The number of nitrogens with zero attached hydrogens (tertiary/aromatic N) is 4. The molecule has 0 aliphatic carbocycles. The summed E-state index contributed by atoms with van der Waals surface area (Å²) < 4.78 is 3.57. The predicted octanol–water partition coefficient (Wildman–Crippen LogP) is 5.85. The molecule has 50 heavy (non-hydrogen) atoms. The van der Waals surface area contributed by atoms with Crippen LogP contribution in [-0.2, 0) is 11.3 Å². The van der Waals surface area contributed by atoms with Crippen molar-refractivity contribution in [1.29, 1.82) is 0 Å². The maximum absolute atomic E-state index is 13.5. The molecular weight excluding hydrogens is 655 g/mol. The van der Waals surface area contributed by atoms with Crippen LogP contribution in [0.25, 0.3) is 28.0 Å². The number of phenolic OH excluding ortho intramolecular Hbond substituents is 2. The summed E-state index contributed by atoms with van der Waals surface area (Å²) >= 11 is 1.91. The van der Waals surface area contributed by atoms with E-state index < -0.39 is 5.69 Å². The quantitative estimate of drug-likeness (QED) is 0.0724. The van der Waals surface area contributed by atoms with Crippen LogP contribution in [0.5, 0.6) is 11.5 Å². The van der Waals surface area contributed by atoms with Crippen LogP contribution >= 0.6 is 11.8 Å². The fraction of sp³-hybridized carbons (Fsp3) is 0.514. The van der Waals surface area contributed by atoms with E-state index in [1.54, 1.807) is 6.07 Å². The van der Waals surface area contributed by atoms with Crippen molar-refractivity contribution < 1.29 is 19.8 Å². The molecule has 3 amide bonds. The lowest BCUT2D eigenvalue weighted by molar-refractivity contribution is -0.131. The van der Waals surface area contributed by atoms with Crippen LogP contribution < -0.4 is 16.3 Å². The summed E-state index contributed by atoms with van der Waals surface area (Å²) in [5.41, 5.74) is 2.12. The Morgan fingerprint density at radius 1 is 1.02 bits per heavy atom. The van der Waals surface area contributed by atoms with Crippen molar-refractivity contribution in [2.24, 2.45) is 0 Å². The highest BCUT2D eigenvalue weighted by Crippen LogP contribution is 2.38. The Morgan fingerprint density at radius 2 is 1.86 bits per heavy atom. The smallest absolute Gasteiger partial charge is 0.348 e. The van der Waals surface area contributed by atoms with Gasteiger partial charge in [0.1, 0.15) is 11.5 Å². The summed E-state index contributed by atoms with van der Waals surface area (Å²) in [4.78, 5) is 40.2. The fourth-order valence-corrected chi connectivity index (χ4v) is 8.76. The number of benzene rings is 2. The van der Waals surface area contributed by atoms with Crippen LogP contribution in [0.4, 0.5) is 4.79 Å². The summed E-state index contributed by atoms with van der Waals surface area (Å²) in [5.74, 6) is 1.20. The number of aromatic nitrogens is 4. The predicted molar refractivity (Wildman–Crippen MR) is 197 cm³/mol. The number of fused-ring (bicyclic) bond motifs is 2. The van der Waals surface area contributed by atoms with Crippen LogP contribution in [-0.4, -0.2) is 82.6 Å². The SMILES string of the molecule is CCCCCCN(CCn1ccc2cc(-n3c(-c4cc(C(C)C)c(O)cc4O)n[nH]c3=O)ccc21)C(=O)CCCC[C@H]1SC[C@H]2NC(=O)N[C@H]21. The van der Waals surface area contributed by atoms with E-state index in [1.807, 2.05) is 61.0 Å². The van der Waals surface area contributed by atoms with Crippen molar-refractivity contribution in [3.63, 3.8) is 0 Å². The lowest BCUT2D eigenvalue weighted by atomic mass is 9.98. The number of urea groups is 1. The number of hydrogen-bond donors (Lipinski definition) is 5. The number of thioether (sulfide) groups is 1. The zero-order chi connectivity index (χ0) is 35.4. The molecule has 0 spiro atoms. The molecule has 2 aromatic heterocycles. The molecule has 2 aromatic carbocycles. The Balaban J connectivity index is 1.12. The third-order valence-electron chi connectivity index (χ3n) is 10.0. The Hall–Kier alpha value is -4.39. The summed E-state index contributed by atoms with van der Waals surface area (Å²) in [6.45, 7) is 8.07. The van der Waals surface area contributed by atoms with E-state index in [-0.39, 0.29) is 47.3 Å². The average molecular weight is 704 g/mol. The average Bonchev–Trinajstić information content (AvgIpc) is 3.86. The molecule has 5 N–H and O–H groups in total. The molecule has 4 heterocycles. The van der Waals surface area contributed by atoms with Gasteiger partial charge in [-0.1, -0.05) is 46.5 Å². The van der Waals surface area contributed by atoms with Crippen LogP contribution in [0.15, 0.2) is 47.4 Å². The lowest BCUT2D eigenvalue weighted by Crippen LogP contribution is -2.37. The van der Waals surface area contributed by atoms with Crippen molar-refractivity contribution in [2.75, 3.05) is 18.8 Å². The normalized spacial score (nSPS) is 18.5. The first-order chi connectivity index (χ1) is 24.1. The molecule has 4 aromatic rings. The first-order valence-electron chi connectivity index (χ1n) is 17.9. The molecule has 268 valence electrons. The molecule has 2 aliphatic heterocycles. The molecular formula is C37H49N7O5S. The minimum absolute atomic E-state index is 0.00242. The van der Waals surface area contributed by atoms with Gasteiger partial charge in [0.15, 0.2) is 5.82 Å². The molecule has 2 fully saturated rings. The molecule has 13 heteroatoms. The van der Waals surface area contributed by atoms with Crippen LogP contribution in [0.2, 0.25) is 0 Å². The van der Waals surface area contributed by atoms with Crippen LogP contribution in [0.3, 0.4) is 0 Å². The zero-order valence-electron chi connectivity index (χ0n) is 29.2. The number of rotatable bonds is 16. The third kappa shape index (κ3) is 7.67. The van der Waals surface area contributed by atoms with Gasteiger partial charge in [-0.2, -0.15) is 16.9 Å². The second-order valence-corrected chi connectivity index (χ2v) is 15.1. The van der Waals surface area contributed by atoms with Gasteiger partial charge in [0, 0.05) is 60.2 Å². The highest BCUT2D eigenvalue weighted by molar-refractivity contribution is 8.00. The van der Waals surface area contributed by atoms with E-state index in [2.05, 4.69) is 32.3 Å². The maximum Gasteiger partial charge on any atom is 0.348 e. The number of phenols is 2. The van der Waals surface area contributed by atoms with Crippen LogP contribution in [0.1, 0.15) is 83.6 Å². The van der Waals surface area contributed by atoms with E-state index in [0.717, 1.165) is 68.1 Å². The Morgan fingerprint density at radius 3 is 2.66 bits per heavy atom. The largest absolute Gasteiger partial charge is 0.508 e. The third-order valence-corrected chi connectivity index (χ3v) is 11.5. The second kappa shape index (κ2) is 15.7. The number of carbonyl (C=O) groups is 2. The number of hydrogen-bond acceptors (Lipinski definition) is 7. The van der Waals surface area contributed by atoms with E-state index >= 15 is 0 Å². The summed E-state index contributed by atoms with van der Waals surface area (Å²) in [5, 5.41) is 35.2. The number of H-pyrrole nitrogens is 1. The van der Waals surface area contributed by atoms with Gasteiger partial charge in [0.2, 0.25) is 5.91 Å². The standard InChI is InChI=1S/C37H49N7O5S/c1-4-5-6-9-15-43(33(47)11-8-7-10-32-34-28(22-50-32)38-36(48)39-34)18-17-42-16-14-24-19-25(12-13-29(24)42)44-35(40-41-37(44)49)27-20-26(23(2)3)30(45)21-31(27)46/h12-14,16,19-21,23,28,32,34,45-46H,4-11,15,17-18,22H2,1-3H3,(H,41,49)(H2,38,39,48)/t28-,32-,34-/m1/s1. The van der Waals surface area contributed by atoms with Gasteiger partial charge in [0.05, 0.1) is 23.3 Å². The molecule has 2 aliphatic rings. The van der Waals surface area contributed by atoms with Gasteiger partial charge in [-0.3, -0.25) is 4.79 Å². The number of nitrogens with one attached hydrogen (secondary N) is 3. The number of carbonyl (C=O) groups excluding carboxylic acids is 2. The monoisotopic (exact) mass is 703 g/mol. The van der Waals surface area contributed by atoms with Gasteiger partial charge in [0.25, 0.3) is 0 Å². The minimum atomic E-state index is -0.442. The highest BCUT2D eigenvalue weighted by Gasteiger charge is 2.42. The van der Waals surface area contributed by atoms with E-state index in [9.17, 15) is 24.6 Å². The number of amides is 3. The van der Waals surface area contributed by atoms with Crippen molar-refractivity contribution in [1.82, 2.24) is 34.9 Å². The Labute approximate surface area is 296 Å². The van der Waals surface area contributed by atoms with E-state index in [0.29, 0.717) is 41.6 Å². The molecule has 0 radical (unpaired) electrons. The van der Waals surface area contributed by atoms with Gasteiger partial charge < -0.3 is 30.3 Å². The number of unbranched alkanes of at least 4 members (excludes halogenated alkanes) is 4. The van der Waals surface area contributed by atoms with E-state index in [4.69, 9.17) is 0 Å². The molecule has 12 nitrogen and oxygen atoms in total. The van der Waals surface area contributed by atoms with Crippen molar-refractivity contribution in [2.45, 2.75) is 102 Å². The van der Waals surface area contributed by atoms with Crippen molar-refractivity contribution in [3.8, 4) is 28.6 Å². The van der Waals surface area contributed by atoms with Crippen LogP contribution in [0, 0.1) is 0 Å². The molecule has 0 unspecified atom stereocenters. The lowest BCUT2D eigenvalue weighted by Gasteiger charge is -2.24. The van der Waals surface area contributed by atoms with Crippen molar-refractivity contribution in [3.05, 3.63) is 58.6 Å². The molecule has 6 rings (SSSR count). The highest BCUT2D eigenvalue weighted by atomic mass is 32.2. The Bertz CT molecular complexity index is 1880. The molecule has 0 bridgehead atoms. The maximum atomic E-state index is 13.5. The summed E-state index contributed by atoms with van der Waals surface area (Å²) in [6.07, 6.45) is 9.72. The number of aromatic hydroxyl groups is 2. The molecule has 2 saturated heterocycles.